The number of rotatable bonds is 10. The van der Waals surface area contributed by atoms with Crippen LogP contribution in [0.3, 0.4) is 0 Å². The minimum absolute atomic E-state index is 0.122. The zero-order chi connectivity index (χ0) is 25.3. The van der Waals surface area contributed by atoms with E-state index in [1.165, 1.54) is 6.07 Å². The topological polar surface area (TPSA) is 119 Å². The third-order valence-corrected chi connectivity index (χ3v) is 5.69. The Kier molecular flexibility index (Phi) is 8.08. The Morgan fingerprint density at radius 2 is 1.75 bits per heavy atom. The van der Waals surface area contributed by atoms with Crippen molar-refractivity contribution in [2.75, 3.05) is 22.3 Å². The first-order valence-corrected chi connectivity index (χ1v) is 11.6. The van der Waals surface area contributed by atoms with Crippen molar-refractivity contribution in [3.63, 3.8) is 0 Å². The van der Waals surface area contributed by atoms with E-state index in [0.29, 0.717) is 12.4 Å². The third-order valence-electron chi connectivity index (χ3n) is 4.75. The Morgan fingerprint density at radius 3 is 2.53 bits per heavy atom. The van der Waals surface area contributed by atoms with Gasteiger partial charge in [-0.1, -0.05) is 60.3 Å². The molecule has 0 aliphatic heterocycles. The van der Waals surface area contributed by atoms with Gasteiger partial charge >= 0.3 is 0 Å². The zero-order valence-electron chi connectivity index (χ0n) is 18.8. The van der Waals surface area contributed by atoms with Crippen molar-refractivity contribution in [2.45, 2.75) is 11.8 Å². The number of ether oxygens (including phenoxy) is 1. The van der Waals surface area contributed by atoms with Crippen LogP contribution < -0.4 is 21.3 Å². The van der Waals surface area contributed by atoms with Gasteiger partial charge in [-0.2, -0.15) is 5.10 Å². The van der Waals surface area contributed by atoms with E-state index < -0.39 is 23.2 Å². The number of amides is 1. The summed E-state index contributed by atoms with van der Waals surface area (Å²) in [6, 6.07) is 20.5. The molecule has 0 aliphatic rings. The number of carbonyl (C=O) groups excluding carboxylic acids is 1. The minimum Gasteiger partial charge on any atom is -0.488 e. The second-order valence-electron chi connectivity index (χ2n) is 7.29. The molecule has 0 bridgehead atoms. The largest absolute Gasteiger partial charge is 0.488 e. The second kappa shape index (κ2) is 11.8. The number of hydrazone groups is 1. The SMILES string of the molecule is Nn1c(N/N=C/c2ccccc2OCc2ccccc2)nnc1SCC(=O)Nc1c(F)cccc1F. The van der Waals surface area contributed by atoms with Crippen molar-refractivity contribution in [3.05, 3.63) is 95.6 Å². The molecule has 0 atom stereocenters. The molecule has 184 valence electrons. The summed E-state index contributed by atoms with van der Waals surface area (Å²) in [7, 11) is 0. The number of aromatic nitrogens is 3. The summed E-state index contributed by atoms with van der Waals surface area (Å²) in [6.45, 7) is 0.411. The number of para-hydroxylation sites is 2. The highest BCUT2D eigenvalue weighted by atomic mass is 32.2. The number of carbonyl (C=O) groups is 1. The average Bonchev–Trinajstić information content (AvgIpc) is 3.24. The van der Waals surface area contributed by atoms with Crippen molar-refractivity contribution in [2.24, 2.45) is 5.10 Å². The zero-order valence-corrected chi connectivity index (χ0v) is 19.6. The Hall–Kier alpha value is -4.45. The van der Waals surface area contributed by atoms with Gasteiger partial charge in [-0.25, -0.2) is 18.9 Å². The van der Waals surface area contributed by atoms with Gasteiger partial charge in [0.15, 0.2) is 0 Å². The van der Waals surface area contributed by atoms with Crippen LogP contribution in [0.15, 0.2) is 83.1 Å². The second-order valence-corrected chi connectivity index (χ2v) is 8.23. The number of halogens is 2. The standard InChI is InChI=1S/C24H21F2N7O2S/c25-18-10-6-11-19(26)22(18)29-21(34)15-36-24-32-31-23(33(24)27)30-28-13-17-9-4-5-12-20(17)35-14-16-7-2-1-3-8-16/h1-13H,14-15,27H2,(H,29,34)(H,30,31)/b28-13+. The summed E-state index contributed by atoms with van der Waals surface area (Å²) in [4.78, 5) is 12.1. The lowest BCUT2D eigenvalue weighted by Gasteiger charge is -2.09. The van der Waals surface area contributed by atoms with E-state index in [4.69, 9.17) is 10.6 Å². The van der Waals surface area contributed by atoms with E-state index in [1.807, 2.05) is 54.6 Å². The van der Waals surface area contributed by atoms with Crippen LogP contribution >= 0.6 is 11.8 Å². The van der Waals surface area contributed by atoms with Crippen LogP contribution in [-0.4, -0.2) is 32.7 Å². The molecule has 9 nitrogen and oxygen atoms in total. The Balaban J connectivity index is 1.32. The van der Waals surface area contributed by atoms with Gasteiger partial charge in [-0.15, -0.1) is 10.2 Å². The van der Waals surface area contributed by atoms with Gasteiger partial charge in [0.25, 0.3) is 5.95 Å². The third kappa shape index (κ3) is 6.36. The highest BCUT2D eigenvalue weighted by Gasteiger charge is 2.15. The molecule has 1 aromatic heterocycles. The molecule has 4 N–H and O–H groups in total. The number of nitrogen functional groups attached to an aromatic ring is 1. The number of nitrogens with two attached hydrogens (primary N) is 1. The van der Waals surface area contributed by atoms with Crippen LogP contribution in [0.2, 0.25) is 0 Å². The van der Waals surface area contributed by atoms with Crippen LogP contribution in [0, 0.1) is 11.6 Å². The predicted molar refractivity (Wildman–Crippen MR) is 134 cm³/mol. The van der Waals surface area contributed by atoms with Gasteiger partial charge < -0.3 is 15.9 Å². The van der Waals surface area contributed by atoms with Crippen molar-refractivity contribution in [3.8, 4) is 5.75 Å². The molecule has 0 fully saturated rings. The van der Waals surface area contributed by atoms with E-state index in [1.54, 1.807) is 6.21 Å². The highest BCUT2D eigenvalue weighted by Crippen LogP contribution is 2.21. The van der Waals surface area contributed by atoms with Crippen molar-refractivity contribution in [1.82, 2.24) is 14.9 Å². The quantitative estimate of drug-likeness (QED) is 0.128. The Bertz CT molecular complexity index is 1350. The first-order chi connectivity index (χ1) is 17.5. The van der Waals surface area contributed by atoms with E-state index >= 15 is 0 Å². The van der Waals surface area contributed by atoms with Crippen molar-refractivity contribution in [1.29, 1.82) is 0 Å². The van der Waals surface area contributed by atoms with E-state index in [2.05, 4.69) is 26.0 Å². The summed E-state index contributed by atoms with van der Waals surface area (Å²) in [5.74, 6) is 4.17. The first kappa shape index (κ1) is 24.7. The van der Waals surface area contributed by atoms with Crippen LogP contribution in [-0.2, 0) is 11.4 Å². The number of benzene rings is 3. The number of thioether (sulfide) groups is 1. The average molecular weight is 510 g/mol. The summed E-state index contributed by atoms with van der Waals surface area (Å²) < 4.78 is 34.4. The van der Waals surface area contributed by atoms with Crippen LogP contribution in [0.4, 0.5) is 20.4 Å². The molecule has 0 aliphatic carbocycles. The number of hydrogen-bond donors (Lipinski definition) is 3. The van der Waals surface area contributed by atoms with Crippen LogP contribution in [0.1, 0.15) is 11.1 Å². The van der Waals surface area contributed by atoms with Crippen LogP contribution in [0.5, 0.6) is 5.75 Å². The van der Waals surface area contributed by atoms with Gasteiger partial charge in [-0.05, 0) is 29.8 Å². The summed E-state index contributed by atoms with van der Waals surface area (Å²) in [6.07, 6.45) is 1.55. The summed E-state index contributed by atoms with van der Waals surface area (Å²) in [5, 5.41) is 14.3. The maximum absolute atomic E-state index is 13.7. The molecule has 4 rings (SSSR count). The normalized spacial score (nSPS) is 10.9. The number of hydrogen-bond acceptors (Lipinski definition) is 8. The van der Waals surface area contributed by atoms with Gasteiger partial charge in [-0.3, -0.25) is 4.79 Å². The summed E-state index contributed by atoms with van der Waals surface area (Å²) in [5.41, 5.74) is 3.95. The molecule has 3 aromatic carbocycles. The predicted octanol–water partition coefficient (Wildman–Crippen LogP) is 4.03. The lowest BCUT2D eigenvalue weighted by atomic mass is 10.2. The number of nitrogens with one attached hydrogen (secondary N) is 2. The van der Waals surface area contributed by atoms with Crippen molar-refractivity contribution < 1.29 is 18.3 Å². The smallest absolute Gasteiger partial charge is 0.264 e. The van der Waals surface area contributed by atoms with E-state index in [9.17, 15) is 13.6 Å². The molecule has 1 heterocycles. The van der Waals surface area contributed by atoms with Gasteiger partial charge in [0.1, 0.15) is 29.7 Å². The van der Waals surface area contributed by atoms with Crippen LogP contribution in [0.25, 0.3) is 0 Å². The number of nitrogens with zero attached hydrogens (tertiary/aromatic N) is 4. The molecule has 12 heteroatoms. The molecular formula is C24H21F2N7O2S. The fourth-order valence-electron chi connectivity index (χ4n) is 2.99. The Morgan fingerprint density at radius 1 is 1.03 bits per heavy atom. The molecule has 1 amide bonds. The maximum Gasteiger partial charge on any atom is 0.264 e. The number of anilines is 2. The fourth-order valence-corrected chi connectivity index (χ4v) is 3.64. The van der Waals surface area contributed by atoms with Gasteiger partial charge in [0, 0.05) is 5.56 Å². The van der Waals surface area contributed by atoms with Gasteiger partial charge in [0.05, 0.1) is 12.0 Å². The summed E-state index contributed by atoms with van der Waals surface area (Å²) >= 11 is 0.939. The Labute approximate surface area is 209 Å². The molecule has 0 radical (unpaired) electrons. The van der Waals surface area contributed by atoms with Gasteiger partial charge in [0.2, 0.25) is 11.1 Å². The van der Waals surface area contributed by atoms with Crippen molar-refractivity contribution >= 4 is 35.5 Å². The molecular weight excluding hydrogens is 488 g/mol. The molecule has 0 spiro atoms. The first-order valence-electron chi connectivity index (χ1n) is 10.6. The highest BCUT2D eigenvalue weighted by molar-refractivity contribution is 7.99. The monoisotopic (exact) mass is 509 g/mol. The fraction of sp³-hybridized carbons (Fsp3) is 0.0833. The van der Waals surface area contributed by atoms with E-state index in [0.717, 1.165) is 39.7 Å². The minimum atomic E-state index is -0.869. The lowest BCUT2D eigenvalue weighted by molar-refractivity contribution is -0.113. The molecule has 0 saturated heterocycles. The molecule has 0 unspecified atom stereocenters. The lowest BCUT2D eigenvalue weighted by Crippen LogP contribution is -2.18. The maximum atomic E-state index is 13.7. The molecule has 36 heavy (non-hydrogen) atoms. The van der Waals surface area contributed by atoms with E-state index in [-0.39, 0.29) is 16.9 Å². The molecule has 0 saturated carbocycles. The molecule has 4 aromatic rings.